The molecule has 0 saturated heterocycles. The highest BCUT2D eigenvalue weighted by atomic mass is 14.9. The third-order valence-corrected chi connectivity index (χ3v) is 2.18. The molecule has 0 aliphatic heterocycles. The lowest BCUT2D eigenvalue weighted by molar-refractivity contribution is 0.610. The van der Waals surface area contributed by atoms with Gasteiger partial charge in [-0.05, 0) is 19.9 Å². The highest BCUT2D eigenvalue weighted by Crippen LogP contribution is 1.99. The molecule has 74 valence electrons. The molecule has 3 heteroatoms. The minimum Gasteiger partial charge on any atom is -0.348 e. The van der Waals surface area contributed by atoms with Gasteiger partial charge < -0.3 is 10.3 Å². The molecule has 0 aliphatic carbocycles. The van der Waals surface area contributed by atoms with Gasteiger partial charge in [-0.3, -0.25) is 0 Å². The second-order valence-electron chi connectivity index (χ2n) is 3.36. The zero-order valence-electron chi connectivity index (χ0n) is 8.56. The zero-order valence-corrected chi connectivity index (χ0v) is 8.56. The number of H-pyrrole nitrogens is 1. The molecule has 0 bridgehead atoms. The van der Waals surface area contributed by atoms with Gasteiger partial charge in [-0.1, -0.05) is 19.8 Å². The fourth-order valence-electron chi connectivity index (χ4n) is 1.27. The van der Waals surface area contributed by atoms with Crippen LogP contribution in [-0.2, 0) is 6.54 Å². The van der Waals surface area contributed by atoms with E-state index >= 15 is 0 Å². The summed E-state index contributed by atoms with van der Waals surface area (Å²) in [5, 5.41) is 3.38. The van der Waals surface area contributed by atoms with Crippen molar-refractivity contribution >= 4 is 0 Å². The van der Waals surface area contributed by atoms with Crippen LogP contribution in [0.5, 0.6) is 0 Å². The van der Waals surface area contributed by atoms with E-state index in [4.69, 9.17) is 0 Å². The van der Waals surface area contributed by atoms with Gasteiger partial charge in [0.1, 0.15) is 0 Å². The number of nitrogens with one attached hydrogen (secondary N) is 2. The largest absolute Gasteiger partial charge is 0.348 e. The summed E-state index contributed by atoms with van der Waals surface area (Å²) in [5.74, 6) is 0. The Balaban J connectivity index is 2.10. The molecular weight excluding hydrogens is 162 g/mol. The maximum absolute atomic E-state index is 4.22. The number of unbranched alkanes of at least 4 members (excludes halogenated alkanes) is 2. The van der Waals surface area contributed by atoms with E-state index in [9.17, 15) is 0 Å². The molecule has 0 aromatic carbocycles. The van der Waals surface area contributed by atoms with Gasteiger partial charge >= 0.3 is 0 Å². The van der Waals surface area contributed by atoms with E-state index in [0.29, 0.717) is 0 Å². The molecule has 3 nitrogen and oxygen atoms in total. The molecule has 1 aromatic rings. The van der Waals surface area contributed by atoms with Crippen LogP contribution in [0.1, 0.15) is 37.6 Å². The minimum absolute atomic E-state index is 0.888. The van der Waals surface area contributed by atoms with Crippen molar-refractivity contribution in [2.24, 2.45) is 0 Å². The lowest BCUT2D eigenvalue weighted by Crippen LogP contribution is -2.15. The monoisotopic (exact) mass is 181 g/mol. The van der Waals surface area contributed by atoms with Crippen LogP contribution in [0.3, 0.4) is 0 Å². The summed E-state index contributed by atoms with van der Waals surface area (Å²) in [6, 6.07) is 0. The number of nitrogens with zero attached hydrogens (tertiary/aromatic N) is 1. The van der Waals surface area contributed by atoms with Crippen LogP contribution in [0.25, 0.3) is 0 Å². The maximum Gasteiger partial charge on any atom is 0.0925 e. The maximum atomic E-state index is 4.22. The van der Waals surface area contributed by atoms with Crippen LogP contribution in [0.4, 0.5) is 0 Å². The topological polar surface area (TPSA) is 40.7 Å². The Bertz CT molecular complexity index is 230. The van der Waals surface area contributed by atoms with Crippen LogP contribution >= 0.6 is 0 Å². The molecule has 0 radical (unpaired) electrons. The summed E-state index contributed by atoms with van der Waals surface area (Å²) in [6.07, 6.45) is 5.61. The van der Waals surface area contributed by atoms with Gasteiger partial charge in [-0.15, -0.1) is 0 Å². The third kappa shape index (κ3) is 3.59. The lowest BCUT2D eigenvalue weighted by atomic mass is 10.2. The Morgan fingerprint density at radius 2 is 2.31 bits per heavy atom. The molecular formula is C10H19N3. The average molecular weight is 181 g/mol. The molecule has 0 amide bonds. The molecule has 0 atom stereocenters. The van der Waals surface area contributed by atoms with Crippen molar-refractivity contribution < 1.29 is 0 Å². The second-order valence-corrected chi connectivity index (χ2v) is 3.36. The summed E-state index contributed by atoms with van der Waals surface area (Å²) in [6.45, 7) is 6.26. The Morgan fingerprint density at radius 3 is 2.92 bits per heavy atom. The van der Waals surface area contributed by atoms with Crippen molar-refractivity contribution in [2.45, 2.75) is 39.7 Å². The van der Waals surface area contributed by atoms with E-state index in [0.717, 1.165) is 18.8 Å². The Morgan fingerprint density at radius 1 is 1.46 bits per heavy atom. The van der Waals surface area contributed by atoms with Gasteiger partial charge in [0.15, 0.2) is 0 Å². The van der Waals surface area contributed by atoms with E-state index < -0.39 is 0 Å². The van der Waals surface area contributed by atoms with Crippen molar-refractivity contribution in [3.63, 3.8) is 0 Å². The molecule has 0 saturated carbocycles. The highest BCUT2D eigenvalue weighted by Gasteiger charge is 1.98. The van der Waals surface area contributed by atoms with Crippen LogP contribution in [0.2, 0.25) is 0 Å². The summed E-state index contributed by atoms with van der Waals surface area (Å²) in [4.78, 5) is 7.29. The molecule has 0 unspecified atom stereocenters. The van der Waals surface area contributed by atoms with Crippen LogP contribution < -0.4 is 5.32 Å². The lowest BCUT2D eigenvalue weighted by Gasteiger charge is -2.02. The predicted molar refractivity (Wildman–Crippen MR) is 54.6 cm³/mol. The molecule has 13 heavy (non-hydrogen) atoms. The molecule has 0 fully saturated rings. The Hall–Kier alpha value is -0.830. The van der Waals surface area contributed by atoms with Crippen LogP contribution in [-0.4, -0.2) is 16.5 Å². The summed E-state index contributed by atoms with van der Waals surface area (Å²) in [7, 11) is 0. The first-order valence-electron chi connectivity index (χ1n) is 5.04. The Kier molecular flexibility index (Phi) is 4.54. The van der Waals surface area contributed by atoms with E-state index in [1.165, 1.54) is 25.0 Å². The van der Waals surface area contributed by atoms with Gasteiger partial charge in [-0.25, -0.2) is 4.98 Å². The van der Waals surface area contributed by atoms with Crippen LogP contribution in [0, 0.1) is 6.92 Å². The van der Waals surface area contributed by atoms with Gasteiger partial charge in [0, 0.05) is 12.2 Å². The van der Waals surface area contributed by atoms with Crippen molar-refractivity contribution in [1.29, 1.82) is 0 Å². The highest BCUT2D eigenvalue weighted by molar-refractivity contribution is 5.07. The first-order valence-corrected chi connectivity index (χ1v) is 5.04. The summed E-state index contributed by atoms with van der Waals surface area (Å²) in [5.41, 5.74) is 2.31. The fourth-order valence-corrected chi connectivity index (χ4v) is 1.27. The van der Waals surface area contributed by atoms with Gasteiger partial charge in [0.2, 0.25) is 0 Å². The van der Waals surface area contributed by atoms with Crippen molar-refractivity contribution in [1.82, 2.24) is 15.3 Å². The van der Waals surface area contributed by atoms with Gasteiger partial charge in [-0.2, -0.15) is 0 Å². The quantitative estimate of drug-likeness (QED) is 0.659. The fraction of sp³-hybridized carbons (Fsp3) is 0.700. The number of hydrogen-bond donors (Lipinski definition) is 2. The van der Waals surface area contributed by atoms with E-state index in [1.54, 1.807) is 6.33 Å². The van der Waals surface area contributed by atoms with Crippen molar-refractivity contribution in [2.75, 3.05) is 6.54 Å². The van der Waals surface area contributed by atoms with E-state index in [2.05, 4.69) is 29.1 Å². The van der Waals surface area contributed by atoms with Crippen molar-refractivity contribution in [3.05, 3.63) is 17.7 Å². The van der Waals surface area contributed by atoms with E-state index in [-0.39, 0.29) is 0 Å². The summed E-state index contributed by atoms with van der Waals surface area (Å²) >= 11 is 0. The number of aryl methyl sites for hydroxylation is 1. The average Bonchev–Trinajstić information content (AvgIpc) is 2.52. The molecule has 2 N–H and O–H groups in total. The van der Waals surface area contributed by atoms with Crippen LogP contribution in [0.15, 0.2) is 6.33 Å². The number of aromatic nitrogens is 2. The smallest absolute Gasteiger partial charge is 0.0925 e. The van der Waals surface area contributed by atoms with Gasteiger partial charge in [0.25, 0.3) is 0 Å². The zero-order chi connectivity index (χ0) is 9.52. The number of hydrogen-bond acceptors (Lipinski definition) is 2. The normalized spacial score (nSPS) is 10.6. The number of imidazole rings is 1. The molecule has 1 heterocycles. The standard InChI is InChI=1S/C10H19N3/c1-3-4-5-6-11-7-10-9(2)12-8-13-10/h8,11H,3-7H2,1-2H3,(H,12,13). The molecule has 1 rings (SSSR count). The SMILES string of the molecule is CCCCCNCc1nc[nH]c1C. The first kappa shape index (κ1) is 10.3. The van der Waals surface area contributed by atoms with Gasteiger partial charge in [0.05, 0.1) is 12.0 Å². The van der Waals surface area contributed by atoms with Crippen molar-refractivity contribution in [3.8, 4) is 0 Å². The predicted octanol–water partition coefficient (Wildman–Crippen LogP) is 2.00. The Labute approximate surface area is 80.0 Å². The minimum atomic E-state index is 0.888. The number of rotatable bonds is 6. The first-order chi connectivity index (χ1) is 6.34. The number of aromatic amines is 1. The molecule has 1 aromatic heterocycles. The third-order valence-electron chi connectivity index (χ3n) is 2.18. The second kappa shape index (κ2) is 5.75. The molecule has 0 aliphatic rings. The van der Waals surface area contributed by atoms with E-state index in [1.807, 2.05) is 0 Å². The molecule has 0 spiro atoms. The summed E-state index contributed by atoms with van der Waals surface area (Å²) < 4.78 is 0.